The minimum Gasteiger partial charge on any atom is -0.316 e. The number of rotatable bonds is 3. The molecule has 22 heavy (non-hydrogen) atoms. The Kier molecular flexibility index (Phi) is 4.48. The molecule has 1 aromatic carbocycles. The molecular formula is C13H10BrClN2O2S3. The van der Waals surface area contributed by atoms with Crippen molar-refractivity contribution >= 4 is 70.4 Å². The predicted molar refractivity (Wildman–Crippen MR) is 95.3 cm³/mol. The van der Waals surface area contributed by atoms with Gasteiger partial charge in [-0.05, 0) is 37.3 Å². The molecule has 0 atom stereocenters. The van der Waals surface area contributed by atoms with Crippen LogP contribution in [0, 0.1) is 0 Å². The lowest BCUT2D eigenvalue weighted by Crippen LogP contribution is -2.15. The maximum absolute atomic E-state index is 12.4. The molecule has 0 aliphatic rings. The Morgan fingerprint density at radius 3 is 2.68 bits per heavy atom. The summed E-state index contributed by atoms with van der Waals surface area (Å²) in [5.41, 5.74) is 0.967. The van der Waals surface area contributed by atoms with Crippen LogP contribution in [0.2, 0.25) is 4.34 Å². The summed E-state index contributed by atoms with van der Waals surface area (Å²) in [6.45, 7) is 2.60. The fourth-order valence-corrected chi connectivity index (χ4v) is 6.32. The summed E-state index contributed by atoms with van der Waals surface area (Å²) in [6, 6.07) is 8.88. The first-order valence-corrected chi connectivity index (χ1v) is 10.5. The highest BCUT2D eigenvalue weighted by molar-refractivity contribution is 9.10. The van der Waals surface area contributed by atoms with E-state index in [2.05, 4.69) is 20.3 Å². The van der Waals surface area contributed by atoms with Gasteiger partial charge in [0.2, 0.25) is 4.80 Å². The van der Waals surface area contributed by atoms with E-state index in [0.717, 1.165) is 26.0 Å². The summed E-state index contributed by atoms with van der Waals surface area (Å²) < 4.78 is 33.2. The molecule has 0 N–H and O–H groups in total. The molecule has 2 heterocycles. The summed E-state index contributed by atoms with van der Waals surface area (Å²) in [5, 5.41) is 0. The Hall–Kier alpha value is -0.670. The zero-order valence-corrected chi connectivity index (χ0v) is 16.1. The van der Waals surface area contributed by atoms with Crippen LogP contribution >= 0.6 is 50.2 Å². The second kappa shape index (κ2) is 6.09. The Morgan fingerprint density at radius 1 is 1.27 bits per heavy atom. The van der Waals surface area contributed by atoms with Gasteiger partial charge in [-0.1, -0.05) is 38.9 Å². The summed E-state index contributed by atoms with van der Waals surface area (Å²) in [7, 11) is -3.75. The molecule has 4 nitrogen and oxygen atoms in total. The Bertz CT molecular complexity index is 1020. The lowest BCUT2D eigenvalue weighted by molar-refractivity contribution is 0.597. The molecule has 0 saturated carbocycles. The van der Waals surface area contributed by atoms with Gasteiger partial charge in [0.15, 0.2) is 0 Å². The maximum atomic E-state index is 12.4. The molecule has 2 aromatic heterocycles. The monoisotopic (exact) mass is 436 g/mol. The Morgan fingerprint density at radius 2 is 2.05 bits per heavy atom. The third kappa shape index (κ3) is 3.03. The lowest BCUT2D eigenvalue weighted by Gasteiger charge is -2.00. The number of aromatic nitrogens is 1. The van der Waals surface area contributed by atoms with Gasteiger partial charge in [0, 0.05) is 11.0 Å². The van der Waals surface area contributed by atoms with Crippen LogP contribution < -0.4 is 4.80 Å². The van der Waals surface area contributed by atoms with Crippen molar-refractivity contribution < 1.29 is 8.42 Å². The summed E-state index contributed by atoms with van der Waals surface area (Å²) in [4.78, 5) is 0.458. The van der Waals surface area contributed by atoms with Gasteiger partial charge >= 0.3 is 0 Å². The van der Waals surface area contributed by atoms with Gasteiger partial charge in [-0.25, -0.2) is 0 Å². The summed E-state index contributed by atoms with van der Waals surface area (Å²) >= 11 is 11.6. The second-order valence-corrected chi connectivity index (χ2v) is 9.84. The molecule has 0 bridgehead atoms. The van der Waals surface area contributed by atoms with Crippen LogP contribution in [0.3, 0.4) is 0 Å². The number of thiazole rings is 1. The second-order valence-electron chi connectivity index (χ2n) is 4.37. The van der Waals surface area contributed by atoms with E-state index in [4.69, 9.17) is 11.6 Å². The summed E-state index contributed by atoms with van der Waals surface area (Å²) in [6.07, 6.45) is 0. The van der Waals surface area contributed by atoms with Crippen molar-refractivity contribution in [3.8, 4) is 0 Å². The quantitative estimate of drug-likeness (QED) is 0.606. The van der Waals surface area contributed by atoms with Crippen molar-refractivity contribution in [3.63, 3.8) is 0 Å². The molecule has 0 amide bonds. The molecule has 0 fully saturated rings. The summed E-state index contributed by atoms with van der Waals surface area (Å²) in [5.74, 6) is 0. The van der Waals surface area contributed by atoms with Gasteiger partial charge < -0.3 is 4.57 Å². The Labute approximate surface area is 148 Å². The largest absolute Gasteiger partial charge is 0.316 e. The van der Waals surface area contributed by atoms with Crippen LogP contribution in [-0.2, 0) is 16.6 Å². The number of nitrogens with zero attached hydrogens (tertiary/aromatic N) is 2. The van der Waals surface area contributed by atoms with Gasteiger partial charge in [-0.2, -0.15) is 8.42 Å². The normalized spacial score (nSPS) is 13.1. The fraction of sp³-hybridized carbons (Fsp3) is 0.154. The maximum Gasteiger partial charge on any atom is 0.294 e. The molecule has 3 aromatic rings. The van der Waals surface area contributed by atoms with Crippen molar-refractivity contribution in [1.29, 1.82) is 0 Å². The highest BCUT2D eigenvalue weighted by atomic mass is 79.9. The number of sulfonamides is 1. The molecule has 0 unspecified atom stereocenters. The van der Waals surface area contributed by atoms with E-state index in [9.17, 15) is 8.42 Å². The molecule has 116 valence electrons. The van der Waals surface area contributed by atoms with Gasteiger partial charge in [0.25, 0.3) is 10.0 Å². The zero-order chi connectivity index (χ0) is 15.9. The third-order valence-electron chi connectivity index (χ3n) is 2.96. The number of benzene rings is 1. The predicted octanol–water partition coefficient (Wildman–Crippen LogP) is 4.49. The van der Waals surface area contributed by atoms with Crippen molar-refractivity contribution in [2.45, 2.75) is 17.7 Å². The van der Waals surface area contributed by atoms with Crippen LogP contribution in [0.1, 0.15) is 6.92 Å². The van der Waals surface area contributed by atoms with Crippen LogP contribution in [0.5, 0.6) is 0 Å². The SMILES string of the molecule is CCn1/c(=N/S(=O)(=O)c2ccc(Cl)s2)sc2cc(Br)ccc21. The Balaban J connectivity index is 2.25. The molecule has 0 spiro atoms. The van der Waals surface area contributed by atoms with Crippen molar-refractivity contribution in [3.05, 3.63) is 43.9 Å². The van der Waals surface area contributed by atoms with Gasteiger partial charge in [-0.3, -0.25) is 0 Å². The lowest BCUT2D eigenvalue weighted by atomic mass is 10.3. The van der Waals surface area contributed by atoms with Gasteiger partial charge in [0.1, 0.15) is 4.21 Å². The fourth-order valence-electron chi connectivity index (χ4n) is 2.01. The van der Waals surface area contributed by atoms with Gasteiger partial charge in [-0.15, -0.1) is 15.7 Å². The van der Waals surface area contributed by atoms with Crippen LogP contribution in [-0.4, -0.2) is 13.0 Å². The molecule has 3 rings (SSSR count). The molecular weight excluding hydrogens is 428 g/mol. The average molecular weight is 438 g/mol. The van der Waals surface area contributed by atoms with E-state index in [-0.39, 0.29) is 4.21 Å². The van der Waals surface area contributed by atoms with Gasteiger partial charge in [0.05, 0.1) is 14.6 Å². The van der Waals surface area contributed by atoms with E-state index >= 15 is 0 Å². The minimum absolute atomic E-state index is 0.152. The standard InChI is InChI=1S/C13H10BrClN2O2S3/c1-2-17-9-4-3-8(14)7-10(9)20-13(17)16-22(18,19)12-6-5-11(15)21-12/h3-7H,2H2,1H3/b16-13-. The highest BCUT2D eigenvalue weighted by Crippen LogP contribution is 2.27. The number of halogens is 2. The van der Waals surface area contributed by atoms with Crippen molar-refractivity contribution in [1.82, 2.24) is 4.57 Å². The first-order chi connectivity index (χ1) is 10.4. The van der Waals surface area contributed by atoms with Crippen LogP contribution in [0.25, 0.3) is 10.2 Å². The van der Waals surface area contributed by atoms with Crippen LogP contribution in [0.4, 0.5) is 0 Å². The molecule has 0 saturated heterocycles. The molecule has 9 heteroatoms. The average Bonchev–Trinajstić information content (AvgIpc) is 3.01. The number of hydrogen-bond acceptors (Lipinski definition) is 4. The van der Waals surface area contributed by atoms with E-state index in [1.807, 2.05) is 29.7 Å². The smallest absolute Gasteiger partial charge is 0.294 e. The topological polar surface area (TPSA) is 51.4 Å². The van der Waals surface area contributed by atoms with E-state index < -0.39 is 10.0 Å². The zero-order valence-electron chi connectivity index (χ0n) is 11.3. The minimum atomic E-state index is -3.75. The van der Waals surface area contributed by atoms with Crippen molar-refractivity contribution in [2.75, 3.05) is 0 Å². The number of hydrogen-bond donors (Lipinski definition) is 0. The van der Waals surface area contributed by atoms with E-state index in [1.165, 1.54) is 17.4 Å². The first kappa shape index (κ1) is 16.2. The van der Waals surface area contributed by atoms with Crippen LogP contribution in [0.15, 0.2) is 43.4 Å². The number of thiophene rings is 1. The highest BCUT2D eigenvalue weighted by Gasteiger charge is 2.17. The molecule has 0 aliphatic heterocycles. The van der Waals surface area contributed by atoms with E-state index in [0.29, 0.717) is 15.7 Å². The van der Waals surface area contributed by atoms with E-state index in [1.54, 1.807) is 6.07 Å². The molecule has 0 radical (unpaired) electrons. The molecule has 0 aliphatic carbocycles. The number of aryl methyl sites for hydroxylation is 1. The number of fused-ring (bicyclic) bond motifs is 1. The third-order valence-corrected chi connectivity index (χ3v) is 7.58. The first-order valence-electron chi connectivity index (χ1n) is 6.26. The van der Waals surface area contributed by atoms with Crippen molar-refractivity contribution in [2.24, 2.45) is 4.40 Å².